The van der Waals surface area contributed by atoms with Crippen molar-refractivity contribution < 1.29 is 4.74 Å². The maximum absolute atomic E-state index is 11.3. The maximum atomic E-state index is 11.3. The number of methoxy groups -OCH3 is 1. The van der Waals surface area contributed by atoms with Crippen molar-refractivity contribution in [3.8, 4) is 5.88 Å². The zero-order chi connectivity index (χ0) is 9.26. The smallest absolute Gasteiger partial charge is 0.266 e. The molecule has 1 aliphatic carbocycles. The summed E-state index contributed by atoms with van der Waals surface area (Å²) in [5.41, 5.74) is -0.0484. The molecule has 13 heavy (non-hydrogen) atoms. The molecule has 0 radical (unpaired) electrons. The number of rotatable bonds is 3. The van der Waals surface area contributed by atoms with Gasteiger partial charge in [0.25, 0.3) is 5.56 Å². The average Bonchev–Trinajstić information content (AvgIpc) is 2.93. The molecule has 1 aromatic rings. The van der Waals surface area contributed by atoms with E-state index in [0.717, 1.165) is 6.54 Å². The first-order valence-corrected chi connectivity index (χ1v) is 4.42. The van der Waals surface area contributed by atoms with E-state index in [9.17, 15) is 4.79 Å². The van der Waals surface area contributed by atoms with Gasteiger partial charge in [0.1, 0.15) is 0 Å². The second kappa shape index (κ2) is 3.20. The molecule has 2 rings (SSSR count). The molecule has 0 bridgehead atoms. The minimum Gasteiger partial charge on any atom is -0.480 e. The van der Waals surface area contributed by atoms with E-state index in [-0.39, 0.29) is 5.56 Å². The van der Waals surface area contributed by atoms with E-state index in [2.05, 4.69) is 5.10 Å². The topological polar surface area (TPSA) is 44.1 Å². The van der Waals surface area contributed by atoms with Gasteiger partial charge in [-0.3, -0.25) is 4.79 Å². The van der Waals surface area contributed by atoms with Crippen LogP contribution in [0, 0.1) is 5.92 Å². The van der Waals surface area contributed by atoms with Crippen molar-refractivity contribution in [1.29, 1.82) is 0 Å². The van der Waals surface area contributed by atoms with E-state index < -0.39 is 0 Å². The van der Waals surface area contributed by atoms with E-state index in [0.29, 0.717) is 11.8 Å². The Labute approximate surface area is 76.1 Å². The predicted molar refractivity (Wildman–Crippen MR) is 47.8 cm³/mol. The third kappa shape index (κ3) is 1.88. The molecule has 0 unspecified atom stereocenters. The van der Waals surface area contributed by atoms with Crippen LogP contribution >= 0.6 is 0 Å². The SMILES string of the molecule is COc1ccc(=O)n(CC2CC2)n1. The third-order valence-electron chi connectivity index (χ3n) is 2.18. The van der Waals surface area contributed by atoms with Gasteiger partial charge in [0.05, 0.1) is 7.11 Å². The zero-order valence-corrected chi connectivity index (χ0v) is 7.56. The molecule has 1 aliphatic rings. The van der Waals surface area contributed by atoms with Crippen LogP contribution in [0.3, 0.4) is 0 Å². The number of nitrogens with zero attached hydrogens (tertiary/aromatic N) is 2. The molecule has 4 nitrogen and oxygen atoms in total. The molecule has 4 heteroatoms. The molecule has 70 valence electrons. The second-order valence-electron chi connectivity index (χ2n) is 3.34. The van der Waals surface area contributed by atoms with Gasteiger partial charge in [0.2, 0.25) is 5.88 Å². The Morgan fingerprint density at radius 1 is 1.62 bits per heavy atom. The fourth-order valence-electron chi connectivity index (χ4n) is 1.21. The molecule has 1 aromatic heterocycles. The summed E-state index contributed by atoms with van der Waals surface area (Å²) < 4.78 is 6.42. The van der Waals surface area contributed by atoms with Gasteiger partial charge >= 0.3 is 0 Å². The number of hydrogen-bond acceptors (Lipinski definition) is 3. The van der Waals surface area contributed by atoms with E-state index in [1.54, 1.807) is 13.2 Å². The van der Waals surface area contributed by atoms with Gasteiger partial charge in [-0.25, -0.2) is 4.68 Å². The Hall–Kier alpha value is -1.32. The summed E-state index contributed by atoms with van der Waals surface area (Å²) in [6.45, 7) is 0.732. The largest absolute Gasteiger partial charge is 0.480 e. The second-order valence-corrected chi connectivity index (χ2v) is 3.34. The lowest BCUT2D eigenvalue weighted by atomic mass is 10.4. The van der Waals surface area contributed by atoms with Gasteiger partial charge in [-0.1, -0.05) is 0 Å². The van der Waals surface area contributed by atoms with Crippen molar-refractivity contribution in [2.75, 3.05) is 7.11 Å². The van der Waals surface area contributed by atoms with Gasteiger partial charge in [0, 0.05) is 18.7 Å². The molecule has 0 saturated heterocycles. The fourth-order valence-corrected chi connectivity index (χ4v) is 1.21. The first-order valence-electron chi connectivity index (χ1n) is 4.42. The van der Waals surface area contributed by atoms with Gasteiger partial charge in [-0.2, -0.15) is 0 Å². The summed E-state index contributed by atoms with van der Waals surface area (Å²) in [5, 5.41) is 4.05. The van der Waals surface area contributed by atoms with Crippen LogP contribution in [0.15, 0.2) is 16.9 Å². The predicted octanol–water partition coefficient (Wildman–Crippen LogP) is 0.662. The molecule has 0 spiro atoms. The Balaban J connectivity index is 2.24. The summed E-state index contributed by atoms with van der Waals surface area (Å²) in [7, 11) is 1.55. The minimum atomic E-state index is -0.0484. The summed E-state index contributed by atoms with van der Waals surface area (Å²) in [6.07, 6.45) is 2.43. The summed E-state index contributed by atoms with van der Waals surface area (Å²) in [5.74, 6) is 1.15. The lowest BCUT2D eigenvalue weighted by molar-refractivity contribution is 0.372. The number of hydrogen-bond donors (Lipinski definition) is 0. The normalized spacial score (nSPS) is 15.8. The van der Waals surface area contributed by atoms with E-state index >= 15 is 0 Å². The van der Waals surface area contributed by atoms with Crippen LogP contribution in [-0.2, 0) is 6.54 Å². The lowest BCUT2D eigenvalue weighted by Crippen LogP contribution is -2.22. The molecular formula is C9H12N2O2. The van der Waals surface area contributed by atoms with Crippen molar-refractivity contribution in [3.05, 3.63) is 22.5 Å². The average molecular weight is 180 g/mol. The monoisotopic (exact) mass is 180 g/mol. The van der Waals surface area contributed by atoms with Gasteiger partial charge < -0.3 is 4.74 Å². The maximum Gasteiger partial charge on any atom is 0.266 e. The molecule has 0 aliphatic heterocycles. The highest BCUT2D eigenvalue weighted by Gasteiger charge is 2.22. The highest BCUT2D eigenvalue weighted by Crippen LogP contribution is 2.29. The molecule has 1 saturated carbocycles. The Morgan fingerprint density at radius 3 is 3.00 bits per heavy atom. The molecule has 0 amide bonds. The Morgan fingerprint density at radius 2 is 2.38 bits per heavy atom. The van der Waals surface area contributed by atoms with E-state index in [1.165, 1.54) is 23.6 Å². The molecular weight excluding hydrogens is 168 g/mol. The minimum absolute atomic E-state index is 0.0484. The summed E-state index contributed by atoms with van der Waals surface area (Å²) in [6, 6.07) is 3.08. The van der Waals surface area contributed by atoms with Crippen LogP contribution in [0.4, 0.5) is 0 Å². The van der Waals surface area contributed by atoms with Gasteiger partial charge in [0.15, 0.2) is 0 Å². The highest BCUT2D eigenvalue weighted by atomic mass is 16.5. The quantitative estimate of drug-likeness (QED) is 0.686. The Bertz CT molecular complexity index is 355. The van der Waals surface area contributed by atoms with Crippen LogP contribution in [0.2, 0.25) is 0 Å². The summed E-state index contributed by atoms with van der Waals surface area (Å²) >= 11 is 0. The van der Waals surface area contributed by atoms with Crippen molar-refractivity contribution in [2.24, 2.45) is 5.92 Å². The van der Waals surface area contributed by atoms with Crippen LogP contribution in [0.5, 0.6) is 5.88 Å². The molecule has 0 N–H and O–H groups in total. The van der Waals surface area contributed by atoms with Crippen molar-refractivity contribution in [2.45, 2.75) is 19.4 Å². The molecule has 1 heterocycles. The van der Waals surface area contributed by atoms with Crippen LogP contribution < -0.4 is 10.3 Å². The number of ether oxygens (including phenoxy) is 1. The van der Waals surface area contributed by atoms with Crippen LogP contribution in [0.25, 0.3) is 0 Å². The summed E-state index contributed by atoms with van der Waals surface area (Å²) in [4.78, 5) is 11.3. The standard InChI is InChI=1S/C9H12N2O2/c1-13-8-4-5-9(12)11(10-8)6-7-2-3-7/h4-5,7H,2-3,6H2,1H3. The van der Waals surface area contributed by atoms with E-state index in [1.807, 2.05) is 0 Å². The van der Waals surface area contributed by atoms with Crippen LogP contribution in [-0.4, -0.2) is 16.9 Å². The van der Waals surface area contributed by atoms with Crippen LogP contribution in [0.1, 0.15) is 12.8 Å². The van der Waals surface area contributed by atoms with E-state index in [4.69, 9.17) is 4.74 Å². The van der Waals surface area contributed by atoms with Crippen molar-refractivity contribution >= 4 is 0 Å². The highest BCUT2D eigenvalue weighted by molar-refractivity contribution is 5.06. The van der Waals surface area contributed by atoms with Gasteiger partial charge in [-0.15, -0.1) is 5.10 Å². The molecule has 0 atom stereocenters. The lowest BCUT2D eigenvalue weighted by Gasteiger charge is -2.04. The molecule has 1 fully saturated rings. The Kier molecular flexibility index (Phi) is 2.04. The van der Waals surface area contributed by atoms with Gasteiger partial charge in [-0.05, 0) is 18.8 Å². The number of aromatic nitrogens is 2. The zero-order valence-electron chi connectivity index (χ0n) is 7.56. The first-order chi connectivity index (χ1) is 6.29. The fraction of sp³-hybridized carbons (Fsp3) is 0.556. The van der Waals surface area contributed by atoms with Crippen molar-refractivity contribution in [3.63, 3.8) is 0 Å². The molecule has 0 aromatic carbocycles. The third-order valence-corrected chi connectivity index (χ3v) is 2.18. The first kappa shape index (κ1) is 8.29. The van der Waals surface area contributed by atoms with Crippen molar-refractivity contribution in [1.82, 2.24) is 9.78 Å².